The Bertz CT molecular complexity index is 352. The van der Waals surface area contributed by atoms with Crippen molar-refractivity contribution in [3.63, 3.8) is 0 Å². The van der Waals surface area contributed by atoms with Gasteiger partial charge in [0.25, 0.3) is 0 Å². The first kappa shape index (κ1) is 13.8. The Morgan fingerprint density at radius 1 is 1.35 bits per heavy atom. The van der Waals surface area contributed by atoms with E-state index in [1.165, 1.54) is 0 Å². The minimum Gasteiger partial charge on any atom is -0.507 e. The molecule has 0 spiro atoms. The fourth-order valence-electron chi connectivity index (χ4n) is 1.65. The van der Waals surface area contributed by atoms with Crippen LogP contribution in [0.15, 0.2) is 18.2 Å². The molecule has 1 aromatic rings. The molecule has 0 aliphatic carbocycles. The third-order valence-corrected chi connectivity index (χ3v) is 3.17. The molecule has 0 fully saturated rings. The normalized spacial score (nSPS) is 14.4. The van der Waals surface area contributed by atoms with Crippen LogP contribution in [0, 0.1) is 5.92 Å². The number of phenols is 1. The Morgan fingerprint density at radius 2 is 2.06 bits per heavy atom. The summed E-state index contributed by atoms with van der Waals surface area (Å²) in [5.74, 6) is 1.62. The van der Waals surface area contributed by atoms with E-state index in [1.54, 1.807) is 13.2 Å². The summed E-state index contributed by atoms with van der Waals surface area (Å²) in [6.45, 7) is 7.42. The van der Waals surface area contributed by atoms with Gasteiger partial charge >= 0.3 is 0 Å². The summed E-state index contributed by atoms with van der Waals surface area (Å²) in [5.41, 5.74) is 0.911. The van der Waals surface area contributed by atoms with Gasteiger partial charge in [-0.05, 0) is 25.5 Å². The highest BCUT2D eigenvalue weighted by atomic mass is 16.5. The molecule has 0 radical (unpaired) electrons. The standard InChI is InChI=1S/C14H23NO2/c1-5-10(2)9-15-11(3)13-7-6-12(17-4)8-14(13)16/h6-8,10-11,15-16H,5,9H2,1-4H3. The maximum Gasteiger partial charge on any atom is 0.124 e. The first-order chi connectivity index (χ1) is 8.08. The number of nitrogens with one attached hydrogen (secondary N) is 1. The van der Waals surface area contributed by atoms with Crippen LogP contribution >= 0.6 is 0 Å². The third-order valence-electron chi connectivity index (χ3n) is 3.17. The van der Waals surface area contributed by atoms with Crippen molar-refractivity contribution in [3.8, 4) is 11.5 Å². The fraction of sp³-hybridized carbons (Fsp3) is 0.571. The third kappa shape index (κ3) is 3.93. The van der Waals surface area contributed by atoms with Crippen LogP contribution in [0.3, 0.4) is 0 Å². The van der Waals surface area contributed by atoms with Crippen LogP contribution in [0.4, 0.5) is 0 Å². The van der Waals surface area contributed by atoms with E-state index in [2.05, 4.69) is 26.1 Å². The number of hydrogen-bond acceptors (Lipinski definition) is 3. The van der Waals surface area contributed by atoms with Gasteiger partial charge in [-0.2, -0.15) is 0 Å². The summed E-state index contributed by atoms with van der Waals surface area (Å²) in [4.78, 5) is 0. The predicted molar refractivity (Wildman–Crippen MR) is 70.5 cm³/mol. The SMILES string of the molecule is CCC(C)CNC(C)c1ccc(OC)cc1O. The highest BCUT2D eigenvalue weighted by Crippen LogP contribution is 2.28. The van der Waals surface area contributed by atoms with Gasteiger partial charge in [0, 0.05) is 17.7 Å². The van der Waals surface area contributed by atoms with Gasteiger partial charge in [0.05, 0.1) is 7.11 Å². The minimum absolute atomic E-state index is 0.148. The molecular weight excluding hydrogens is 214 g/mol. The zero-order valence-electron chi connectivity index (χ0n) is 11.2. The van der Waals surface area contributed by atoms with Gasteiger partial charge in [0.15, 0.2) is 0 Å². The summed E-state index contributed by atoms with van der Waals surface area (Å²) >= 11 is 0. The van der Waals surface area contributed by atoms with E-state index in [4.69, 9.17) is 4.74 Å². The van der Waals surface area contributed by atoms with Crippen molar-refractivity contribution < 1.29 is 9.84 Å². The van der Waals surface area contributed by atoms with Crippen molar-refractivity contribution in [3.05, 3.63) is 23.8 Å². The minimum atomic E-state index is 0.148. The molecule has 0 amide bonds. The van der Waals surface area contributed by atoms with Gasteiger partial charge in [-0.3, -0.25) is 0 Å². The maximum atomic E-state index is 9.90. The zero-order valence-corrected chi connectivity index (χ0v) is 11.2. The lowest BCUT2D eigenvalue weighted by Gasteiger charge is -2.18. The number of hydrogen-bond donors (Lipinski definition) is 2. The topological polar surface area (TPSA) is 41.5 Å². The molecule has 0 bridgehead atoms. The second-order valence-corrected chi connectivity index (χ2v) is 4.57. The van der Waals surface area contributed by atoms with Crippen molar-refractivity contribution in [2.24, 2.45) is 5.92 Å². The van der Waals surface area contributed by atoms with Crippen molar-refractivity contribution in [2.45, 2.75) is 33.2 Å². The lowest BCUT2D eigenvalue weighted by Crippen LogP contribution is -2.24. The lowest BCUT2D eigenvalue weighted by molar-refractivity contribution is 0.401. The monoisotopic (exact) mass is 237 g/mol. The molecule has 0 saturated heterocycles. The molecule has 1 rings (SSSR count). The Labute approximate surface area is 104 Å². The van der Waals surface area contributed by atoms with Crippen LogP contribution in [-0.2, 0) is 0 Å². The number of rotatable bonds is 6. The number of phenolic OH excluding ortho intramolecular Hbond substituents is 1. The van der Waals surface area contributed by atoms with Crippen molar-refractivity contribution in [2.75, 3.05) is 13.7 Å². The van der Waals surface area contributed by atoms with Crippen molar-refractivity contribution in [1.82, 2.24) is 5.32 Å². The molecule has 96 valence electrons. The van der Waals surface area contributed by atoms with Crippen LogP contribution in [0.5, 0.6) is 11.5 Å². The Kier molecular flexibility index (Phi) is 5.29. The number of ether oxygens (including phenoxy) is 1. The highest BCUT2D eigenvalue weighted by molar-refractivity contribution is 5.41. The molecule has 0 aromatic heterocycles. The van der Waals surface area contributed by atoms with E-state index >= 15 is 0 Å². The fourth-order valence-corrected chi connectivity index (χ4v) is 1.65. The molecule has 2 N–H and O–H groups in total. The second-order valence-electron chi connectivity index (χ2n) is 4.57. The summed E-state index contributed by atoms with van der Waals surface area (Å²) in [6, 6.07) is 5.57. The molecule has 2 atom stereocenters. The van der Waals surface area contributed by atoms with E-state index in [0.29, 0.717) is 11.7 Å². The number of aromatic hydroxyl groups is 1. The van der Waals surface area contributed by atoms with Crippen LogP contribution in [0.1, 0.15) is 38.8 Å². The van der Waals surface area contributed by atoms with E-state index in [-0.39, 0.29) is 11.8 Å². The predicted octanol–water partition coefficient (Wildman–Crippen LogP) is 3.10. The lowest BCUT2D eigenvalue weighted by atomic mass is 10.0. The van der Waals surface area contributed by atoms with Gasteiger partial charge in [-0.15, -0.1) is 0 Å². The molecule has 3 heteroatoms. The van der Waals surface area contributed by atoms with Crippen LogP contribution in [0.25, 0.3) is 0 Å². The van der Waals surface area contributed by atoms with Crippen LogP contribution < -0.4 is 10.1 Å². The maximum absolute atomic E-state index is 9.90. The largest absolute Gasteiger partial charge is 0.507 e. The molecule has 1 aromatic carbocycles. The summed E-state index contributed by atoms with van der Waals surface area (Å²) in [5, 5.41) is 13.3. The summed E-state index contributed by atoms with van der Waals surface area (Å²) in [6.07, 6.45) is 1.16. The molecular formula is C14H23NO2. The first-order valence-electron chi connectivity index (χ1n) is 6.18. The van der Waals surface area contributed by atoms with Crippen molar-refractivity contribution >= 4 is 0 Å². The molecule has 3 nitrogen and oxygen atoms in total. The average Bonchev–Trinajstić information content (AvgIpc) is 2.35. The second kappa shape index (κ2) is 6.50. The van der Waals surface area contributed by atoms with Gasteiger partial charge in [0.1, 0.15) is 11.5 Å². The average molecular weight is 237 g/mol. The highest BCUT2D eigenvalue weighted by Gasteiger charge is 2.11. The van der Waals surface area contributed by atoms with E-state index in [0.717, 1.165) is 18.5 Å². The van der Waals surface area contributed by atoms with Gasteiger partial charge in [0.2, 0.25) is 0 Å². The van der Waals surface area contributed by atoms with Gasteiger partial charge in [-0.25, -0.2) is 0 Å². The van der Waals surface area contributed by atoms with E-state index in [9.17, 15) is 5.11 Å². The van der Waals surface area contributed by atoms with Gasteiger partial charge < -0.3 is 15.2 Å². The Morgan fingerprint density at radius 3 is 2.59 bits per heavy atom. The number of methoxy groups -OCH3 is 1. The molecule has 17 heavy (non-hydrogen) atoms. The Balaban J connectivity index is 2.65. The quantitative estimate of drug-likeness (QED) is 0.799. The first-order valence-corrected chi connectivity index (χ1v) is 6.18. The molecule has 0 aliphatic rings. The molecule has 0 aliphatic heterocycles. The van der Waals surface area contributed by atoms with E-state index in [1.807, 2.05) is 12.1 Å². The number of benzene rings is 1. The van der Waals surface area contributed by atoms with E-state index < -0.39 is 0 Å². The Hall–Kier alpha value is -1.22. The van der Waals surface area contributed by atoms with Crippen LogP contribution in [0.2, 0.25) is 0 Å². The van der Waals surface area contributed by atoms with Gasteiger partial charge in [-0.1, -0.05) is 26.3 Å². The molecule has 0 heterocycles. The summed E-state index contributed by atoms with van der Waals surface area (Å²) < 4.78 is 5.06. The molecule has 2 unspecified atom stereocenters. The molecule has 0 saturated carbocycles. The van der Waals surface area contributed by atoms with Crippen molar-refractivity contribution in [1.29, 1.82) is 0 Å². The summed E-state index contributed by atoms with van der Waals surface area (Å²) in [7, 11) is 1.60. The smallest absolute Gasteiger partial charge is 0.124 e. The van der Waals surface area contributed by atoms with Crippen LogP contribution in [-0.4, -0.2) is 18.8 Å². The zero-order chi connectivity index (χ0) is 12.8.